The Hall–Kier alpha value is -1.55. The van der Waals surface area contributed by atoms with Gasteiger partial charge in [-0.25, -0.2) is 0 Å². The van der Waals surface area contributed by atoms with Gasteiger partial charge in [0, 0.05) is 27.2 Å². The number of hydrogen-bond acceptors (Lipinski definition) is 3. The van der Waals surface area contributed by atoms with Crippen molar-refractivity contribution in [1.29, 1.82) is 0 Å². The van der Waals surface area contributed by atoms with Gasteiger partial charge >= 0.3 is 0 Å². The highest BCUT2D eigenvalue weighted by Crippen LogP contribution is 2.32. The molecule has 0 bridgehead atoms. The molecule has 4 nitrogen and oxygen atoms in total. The predicted molar refractivity (Wildman–Crippen MR) is 68.5 cm³/mol. The molecule has 0 saturated carbocycles. The minimum Gasteiger partial charge on any atom is -0.372 e. The molecule has 0 N–H and O–H groups in total. The second-order valence-corrected chi connectivity index (χ2v) is 4.28. The SMILES string of the molecule is COC(C)C(=O)N1CCN(C)c2ccccc21. The number of methoxy groups -OCH3 is 1. The molecule has 1 amide bonds. The van der Waals surface area contributed by atoms with Crippen molar-refractivity contribution < 1.29 is 9.53 Å². The molecule has 4 heteroatoms. The smallest absolute Gasteiger partial charge is 0.255 e. The van der Waals surface area contributed by atoms with E-state index >= 15 is 0 Å². The maximum absolute atomic E-state index is 12.2. The van der Waals surface area contributed by atoms with E-state index in [2.05, 4.69) is 4.90 Å². The summed E-state index contributed by atoms with van der Waals surface area (Å²) in [5.41, 5.74) is 2.06. The molecule has 0 fully saturated rings. The lowest BCUT2D eigenvalue weighted by Gasteiger charge is -2.36. The van der Waals surface area contributed by atoms with Crippen molar-refractivity contribution >= 4 is 17.3 Å². The van der Waals surface area contributed by atoms with Crippen LogP contribution >= 0.6 is 0 Å². The monoisotopic (exact) mass is 234 g/mol. The Bertz CT molecular complexity index is 420. The molecule has 1 aromatic carbocycles. The third-order valence-electron chi connectivity index (χ3n) is 3.21. The van der Waals surface area contributed by atoms with Gasteiger partial charge < -0.3 is 14.5 Å². The molecule has 1 atom stereocenters. The van der Waals surface area contributed by atoms with E-state index in [0.29, 0.717) is 6.54 Å². The van der Waals surface area contributed by atoms with Crippen LogP contribution in [-0.4, -0.2) is 39.3 Å². The Balaban J connectivity index is 2.33. The molecule has 1 heterocycles. The van der Waals surface area contributed by atoms with E-state index in [-0.39, 0.29) is 5.91 Å². The zero-order valence-electron chi connectivity index (χ0n) is 10.5. The Morgan fingerprint density at radius 3 is 2.59 bits per heavy atom. The maximum Gasteiger partial charge on any atom is 0.255 e. The molecule has 1 aliphatic rings. The van der Waals surface area contributed by atoms with E-state index < -0.39 is 6.10 Å². The van der Waals surface area contributed by atoms with Crippen LogP contribution in [0.1, 0.15) is 6.92 Å². The van der Waals surface area contributed by atoms with E-state index in [0.717, 1.165) is 17.9 Å². The molecule has 0 spiro atoms. The second-order valence-electron chi connectivity index (χ2n) is 4.28. The topological polar surface area (TPSA) is 32.8 Å². The minimum absolute atomic E-state index is 0.0213. The summed E-state index contributed by atoms with van der Waals surface area (Å²) >= 11 is 0. The zero-order chi connectivity index (χ0) is 12.4. The number of carbonyl (C=O) groups excluding carboxylic acids is 1. The number of anilines is 2. The van der Waals surface area contributed by atoms with Crippen molar-refractivity contribution in [1.82, 2.24) is 0 Å². The van der Waals surface area contributed by atoms with Gasteiger partial charge in [0.25, 0.3) is 5.91 Å². The number of hydrogen-bond donors (Lipinski definition) is 0. The molecule has 0 aromatic heterocycles. The molecule has 1 aromatic rings. The lowest BCUT2D eigenvalue weighted by Crippen LogP contribution is -2.46. The third-order valence-corrected chi connectivity index (χ3v) is 3.21. The molecule has 2 rings (SSSR count). The van der Waals surface area contributed by atoms with Crippen LogP contribution in [0.15, 0.2) is 24.3 Å². The van der Waals surface area contributed by atoms with Crippen molar-refractivity contribution in [2.75, 3.05) is 37.0 Å². The summed E-state index contributed by atoms with van der Waals surface area (Å²) in [6.45, 7) is 3.34. The summed E-state index contributed by atoms with van der Waals surface area (Å²) in [6.07, 6.45) is -0.397. The molecule has 0 radical (unpaired) electrons. The van der Waals surface area contributed by atoms with Gasteiger partial charge in [0.1, 0.15) is 6.10 Å². The average Bonchev–Trinajstić information content (AvgIpc) is 2.38. The molecule has 92 valence electrons. The Morgan fingerprint density at radius 1 is 1.29 bits per heavy atom. The van der Waals surface area contributed by atoms with Gasteiger partial charge in [0.15, 0.2) is 0 Å². The zero-order valence-corrected chi connectivity index (χ0v) is 10.5. The van der Waals surface area contributed by atoms with Crippen LogP contribution in [0.2, 0.25) is 0 Å². The van der Waals surface area contributed by atoms with Gasteiger partial charge in [0.2, 0.25) is 0 Å². The number of likely N-dealkylation sites (N-methyl/N-ethyl adjacent to an activating group) is 1. The van der Waals surface area contributed by atoms with Crippen LogP contribution in [0.25, 0.3) is 0 Å². The average molecular weight is 234 g/mol. The number of amides is 1. The normalized spacial score (nSPS) is 16.6. The van der Waals surface area contributed by atoms with Crippen LogP contribution in [0.4, 0.5) is 11.4 Å². The largest absolute Gasteiger partial charge is 0.372 e. The fourth-order valence-corrected chi connectivity index (χ4v) is 2.06. The fourth-order valence-electron chi connectivity index (χ4n) is 2.06. The molecular weight excluding hydrogens is 216 g/mol. The molecule has 1 unspecified atom stereocenters. The van der Waals surface area contributed by atoms with Crippen molar-refractivity contribution in [2.24, 2.45) is 0 Å². The number of fused-ring (bicyclic) bond motifs is 1. The molecule has 0 saturated heterocycles. The highest BCUT2D eigenvalue weighted by Gasteiger charge is 2.27. The lowest BCUT2D eigenvalue weighted by molar-refractivity contribution is -0.127. The number of rotatable bonds is 2. The summed E-state index contributed by atoms with van der Waals surface area (Å²) in [6, 6.07) is 7.95. The maximum atomic E-state index is 12.2. The highest BCUT2D eigenvalue weighted by atomic mass is 16.5. The van der Waals surface area contributed by atoms with E-state index in [1.165, 1.54) is 0 Å². The Morgan fingerprint density at radius 2 is 1.94 bits per heavy atom. The standard InChI is InChI=1S/C13H18N2O2/c1-10(17-3)13(16)15-9-8-14(2)11-6-4-5-7-12(11)15/h4-7,10H,8-9H2,1-3H3. The first-order chi connectivity index (χ1) is 8.15. The molecule has 1 aliphatic heterocycles. The summed E-state index contributed by atoms with van der Waals surface area (Å²) in [5.74, 6) is 0.0213. The Labute approximate surface area is 102 Å². The highest BCUT2D eigenvalue weighted by molar-refractivity contribution is 6.00. The number of para-hydroxylation sites is 2. The Kier molecular flexibility index (Phi) is 3.33. The molecule has 0 aliphatic carbocycles. The van der Waals surface area contributed by atoms with Crippen LogP contribution in [-0.2, 0) is 9.53 Å². The van der Waals surface area contributed by atoms with E-state index in [1.54, 1.807) is 14.0 Å². The first-order valence-corrected chi connectivity index (χ1v) is 5.79. The molecular formula is C13H18N2O2. The summed E-state index contributed by atoms with van der Waals surface area (Å²) < 4.78 is 5.10. The van der Waals surface area contributed by atoms with Crippen molar-refractivity contribution in [3.8, 4) is 0 Å². The van der Waals surface area contributed by atoms with Crippen LogP contribution in [0, 0.1) is 0 Å². The van der Waals surface area contributed by atoms with Gasteiger partial charge in [-0.15, -0.1) is 0 Å². The number of benzene rings is 1. The summed E-state index contributed by atoms with van der Waals surface area (Å²) in [7, 11) is 3.60. The van der Waals surface area contributed by atoms with Crippen LogP contribution < -0.4 is 9.80 Å². The van der Waals surface area contributed by atoms with Gasteiger partial charge in [-0.1, -0.05) is 12.1 Å². The van der Waals surface area contributed by atoms with Crippen LogP contribution in [0.5, 0.6) is 0 Å². The third kappa shape index (κ3) is 2.13. The molecule has 17 heavy (non-hydrogen) atoms. The number of carbonyl (C=O) groups is 1. The second kappa shape index (κ2) is 4.75. The van der Waals surface area contributed by atoms with E-state index in [1.807, 2.05) is 36.2 Å². The van der Waals surface area contributed by atoms with Gasteiger partial charge in [-0.2, -0.15) is 0 Å². The van der Waals surface area contributed by atoms with Crippen LogP contribution in [0.3, 0.4) is 0 Å². The van der Waals surface area contributed by atoms with Gasteiger partial charge in [-0.3, -0.25) is 4.79 Å². The first-order valence-electron chi connectivity index (χ1n) is 5.79. The van der Waals surface area contributed by atoms with Crippen molar-refractivity contribution in [3.63, 3.8) is 0 Å². The van der Waals surface area contributed by atoms with E-state index in [4.69, 9.17) is 4.74 Å². The number of ether oxygens (including phenoxy) is 1. The lowest BCUT2D eigenvalue weighted by atomic mass is 10.1. The quantitative estimate of drug-likeness (QED) is 0.777. The fraction of sp³-hybridized carbons (Fsp3) is 0.462. The van der Waals surface area contributed by atoms with Crippen molar-refractivity contribution in [3.05, 3.63) is 24.3 Å². The predicted octanol–water partition coefficient (Wildman–Crippen LogP) is 1.50. The summed E-state index contributed by atoms with van der Waals surface area (Å²) in [4.78, 5) is 16.2. The van der Waals surface area contributed by atoms with Gasteiger partial charge in [-0.05, 0) is 19.1 Å². The van der Waals surface area contributed by atoms with Crippen molar-refractivity contribution in [2.45, 2.75) is 13.0 Å². The van der Waals surface area contributed by atoms with E-state index in [9.17, 15) is 4.79 Å². The summed E-state index contributed by atoms with van der Waals surface area (Å²) in [5, 5.41) is 0. The van der Waals surface area contributed by atoms with Gasteiger partial charge in [0.05, 0.1) is 11.4 Å². The first kappa shape index (κ1) is 11.9. The number of nitrogens with zero attached hydrogens (tertiary/aromatic N) is 2. The minimum atomic E-state index is -0.397.